The van der Waals surface area contributed by atoms with Crippen molar-refractivity contribution in [1.29, 1.82) is 0 Å². The van der Waals surface area contributed by atoms with E-state index in [1.165, 1.54) is 12.0 Å². The first-order valence-electron chi connectivity index (χ1n) is 8.23. The van der Waals surface area contributed by atoms with Gasteiger partial charge >= 0.3 is 18.0 Å². The lowest BCUT2D eigenvalue weighted by atomic mass is 9.81. The number of aliphatic carboxylic acids is 1. The minimum atomic E-state index is -0.945. The van der Waals surface area contributed by atoms with Gasteiger partial charge in [0, 0.05) is 19.5 Å². The molecular formula is C18H23NO6. The molecule has 1 amide bonds. The Morgan fingerprint density at radius 2 is 1.88 bits per heavy atom. The number of piperidine rings is 1. The van der Waals surface area contributed by atoms with Gasteiger partial charge in [-0.1, -0.05) is 30.3 Å². The Hall–Kier alpha value is -2.57. The third-order valence-electron chi connectivity index (χ3n) is 4.45. The Morgan fingerprint density at radius 1 is 1.16 bits per heavy atom. The molecule has 0 spiro atoms. The minimum absolute atomic E-state index is 0.0931. The molecule has 0 unspecified atom stereocenters. The normalized spacial score (nSPS) is 20.0. The molecule has 2 atom stereocenters. The van der Waals surface area contributed by atoms with Crippen LogP contribution >= 0.6 is 0 Å². The third kappa shape index (κ3) is 5.77. The van der Waals surface area contributed by atoms with E-state index in [1.54, 1.807) is 0 Å². The fourth-order valence-electron chi connectivity index (χ4n) is 3.08. The predicted octanol–water partition coefficient (Wildman–Crippen LogP) is 2.30. The summed E-state index contributed by atoms with van der Waals surface area (Å²) in [4.78, 5) is 36.4. The molecule has 1 aliphatic heterocycles. The van der Waals surface area contributed by atoms with Crippen molar-refractivity contribution in [2.45, 2.75) is 25.9 Å². The second-order valence-electron chi connectivity index (χ2n) is 6.17. The molecule has 1 saturated heterocycles. The molecule has 0 radical (unpaired) electrons. The summed E-state index contributed by atoms with van der Waals surface area (Å²) in [6.07, 6.45) is 0.162. The summed E-state index contributed by atoms with van der Waals surface area (Å²) in [6.45, 7) is 0.873. The van der Waals surface area contributed by atoms with Gasteiger partial charge in [0.05, 0.1) is 13.5 Å². The van der Waals surface area contributed by atoms with Crippen LogP contribution in [0.4, 0.5) is 4.79 Å². The highest BCUT2D eigenvalue weighted by Gasteiger charge is 2.34. The Bertz CT molecular complexity index is 603. The quantitative estimate of drug-likeness (QED) is 0.792. The van der Waals surface area contributed by atoms with E-state index >= 15 is 0 Å². The highest BCUT2D eigenvalue weighted by molar-refractivity contribution is 5.71. The maximum absolute atomic E-state index is 12.3. The number of rotatable bonds is 6. The Labute approximate surface area is 146 Å². The van der Waals surface area contributed by atoms with Crippen LogP contribution in [0, 0.1) is 11.8 Å². The van der Waals surface area contributed by atoms with Gasteiger partial charge < -0.3 is 19.5 Å². The Morgan fingerprint density at radius 3 is 2.52 bits per heavy atom. The second-order valence-corrected chi connectivity index (χ2v) is 6.17. The number of hydrogen-bond donors (Lipinski definition) is 1. The van der Waals surface area contributed by atoms with Gasteiger partial charge in [-0.25, -0.2) is 4.79 Å². The number of hydrogen-bond acceptors (Lipinski definition) is 5. The molecule has 0 aliphatic carbocycles. The van der Waals surface area contributed by atoms with Crippen molar-refractivity contribution in [3.63, 3.8) is 0 Å². The van der Waals surface area contributed by atoms with Gasteiger partial charge in [-0.2, -0.15) is 0 Å². The fourth-order valence-corrected chi connectivity index (χ4v) is 3.08. The smallest absolute Gasteiger partial charge is 0.410 e. The van der Waals surface area contributed by atoms with Gasteiger partial charge in [-0.3, -0.25) is 9.59 Å². The van der Waals surface area contributed by atoms with E-state index in [1.807, 2.05) is 30.3 Å². The van der Waals surface area contributed by atoms with Crippen molar-refractivity contribution < 1.29 is 29.0 Å². The highest BCUT2D eigenvalue weighted by Crippen LogP contribution is 2.30. The molecule has 0 aromatic heterocycles. The lowest BCUT2D eigenvalue weighted by molar-refractivity contribution is -0.145. The second kappa shape index (κ2) is 9.05. The standard InChI is InChI=1S/C18H23NO6/c1-24-17(22)10-14-7-8-19(11-15(14)9-16(20)21)18(23)25-12-13-5-3-2-4-6-13/h2-6,14-15H,7-12H2,1H3,(H,20,21)/t14-,15-/m0/s1. The number of ether oxygens (including phenoxy) is 2. The number of amides is 1. The van der Waals surface area contributed by atoms with E-state index in [-0.39, 0.29) is 43.8 Å². The molecular weight excluding hydrogens is 326 g/mol. The maximum atomic E-state index is 12.3. The number of nitrogens with zero attached hydrogens (tertiary/aromatic N) is 1. The molecule has 136 valence electrons. The summed E-state index contributed by atoms with van der Waals surface area (Å²) in [7, 11) is 1.31. The average Bonchev–Trinajstić information content (AvgIpc) is 2.61. The van der Waals surface area contributed by atoms with Crippen LogP contribution in [0.25, 0.3) is 0 Å². The first-order valence-corrected chi connectivity index (χ1v) is 8.23. The highest BCUT2D eigenvalue weighted by atomic mass is 16.6. The number of carboxylic acid groups (broad SMARTS) is 1. The molecule has 7 heteroatoms. The van der Waals surface area contributed by atoms with Gasteiger partial charge in [0.25, 0.3) is 0 Å². The van der Waals surface area contributed by atoms with E-state index in [0.29, 0.717) is 13.0 Å². The number of carbonyl (C=O) groups is 3. The zero-order valence-electron chi connectivity index (χ0n) is 14.2. The van der Waals surface area contributed by atoms with Crippen LogP contribution in [0.1, 0.15) is 24.8 Å². The molecule has 1 N–H and O–H groups in total. The van der Waals surface area contributed by atoms with Crippen LogP contribution in [-0.2, 0) is 25.7 Å². The molecule has 25 heavy (non-hydrogen) atoms. The lowest BCUT2D eigenvalue weighted by Gasteiger charge is -2.37. The number of carbonyl (C=O) groups excluding carboxylic acids is 2. The molecule has 1 heterocycles. The van der Waals surface area contributed by atoms with Gasteiger partial charge in [0.2, 0.25) is 0 Å². The monoisotopic (exact) mass is 349 g/mol. The first kappa shape index (κ1) is 18.8. The van der Waals surface area contributed by atoms with Crippen LogP contribution in [0.3, 0.4) is 0 Å². The SMILES string of the molecule is COC(=O)C[C@@H]1CCN(C(=O)OCc2ccccc2)C[C@@H]1CC(=O)O. The molecule has 1 aliphatic rings. The van der Waals surface area contributed by atoms with E-state index in [2.05, 4.69) is 4.74 Å². The van der Waals surface area contributed by atoms with Crippen molar-refractivity contribution in [3.05, 3.63) is 35.9 Å². The van der Waals surface area contributed by atoms with E-state index in [9.17, 15) is 14.4 Å². The van der Waals surface area contributed by atoms with Crippen molar-refractivity contribution in [2.75, 3.05) is 20.2 Å². The summed E-state index contributed by atoms with van der Waals surface area (Å²) in [5.41, 5.74) is 0.888. The summed E-state index contributed by atoms with van der Waals surface area (Å²) in [6, 6.07) is 9.34. The number of benzene rings is 1. The predicted molar refractivity (Wildman–Crippen MR) is 88.7 cm³/mol. The zero-order valence-corrected chi connectivity index (χ0v) is 14.2. The van der Waals surface area contributed by atoms with Crippen molar-refractivity contribution in [3.8, 4) is 0 Å². The fraction of sp³-hybridized carbons (Fsp3) is 0.500. The number of esters is 1. The molecule has 1 aromatic rings. The topological polar surface area (TPSA) is 93.1 Å². The van der Waals surface area contributed by atoms with E-state index in [4.69, 9.17) is 9.84 Å². The molecule has 7 nitrogen and oxygen atoms in total. The number of likely N-dealkylation sites (tertiary alicyclic amines) is 1. The van der Waals surface area contributed by atoms with Gasteiger partial charge in [-0.05, 0) is 23.8 Å². The third-order valence-corrected chi connectivity index (χ3v) is 4.45. The number of methoxy groups -OCH3 is 1. The maximum Gasteiger partial charge on any atom is 0.410 e. The molecule has 0 bridgehead atoms. The molecule has 2 rings (SSSR count). The summed E-state index contributed by atoms with van der Waals surface area (Å²) < 4.78 is 9.98. The lowest BCUT2D eigenvalue weighted by Crippen LogP contribution is -2.45. The van der Waals surface area contributed by atoms with E-state index < -0.39 is 12.1 Å². The van der Waals surface area contributed by atoms with Crippen molar-refractivity contribution in [1.82, 2.24) is 4.90 Å². The van der Waals surface area contributed by atoms with Gasteiger partial charge in [-0.15, -0.1) is 0 Å². The summed E-state index contributed by atoms with van der Waals surface area (Å²) in [5.74, 6) is -1.71. The molecule has 0 saturated carbocycles. The van der Waals surface area contributed by atoms with Crippen LogP contribution in [-0.4, -0.2) is 48.2 Å². The zero-order chi connectivity index (χ0) is 18.2. The average molecular weight is 349 g/mol. The van der Waals surface area contributed by atoms with E-state index in [0.717, 1.165) is 5.56 Å². The summed E-state index contributed by atoms with van der Waals surface area (Å²) in [5, 5.41) is 9.10. The Kier molecular flexibility index (Phi) is 6.80. The van der Waals surface area contributed by atoms with Crippen LogP contribution in [0.5, 0.6) is 0 Å². The first-order chi connectivity index (χ1) is 12.0. The molecule has 1 fully saturated rings. The van der Waals surface area contributed by atoms with Crippen LogP contribution < -0.4 is 0 Å². The van der Waals surface area contributed by atoms with Gasteiger partial charge in [0.1, 0.15) is 6.61 Å². The Balaban J connectivity index is 1.92. The molecule has 1 aromatic carbocycles. The minimum Gasteiger partial charge on any atom is -0.481 e. The van der Waals surface area contributed by atoms with Crippen LogP contribution in [0.2, 0.25) is 0 Å². The van der Waals surface area contributed by atoms with Crippen LogP contribution in [0.15, 0.2) is 30.3 Å². The number of carboxylic acids is 1. The summed E-state index contributed by atoms with van der Waals surface area (Å²) >= 11 is 0. The van der Waals surface area contributed by atoms with Crippen molar-refractivity contribution in [2.24, 2.45) is 11.8 Å². The largest absolute Gasteiger partial charge is 0.481 e. The van der Waals surface area contributed by atoms with Gasteiger partial charge in [0.15, 0.2) is 0 Å². The van der Waals surface area contributed by atoms with Crippen molar-refractivity contribution >= 4 is 18.0 Å².